The molecule has 2 N–H and O–H groups in total. The van der Waals surface area contributed by atoms with E-state index in [-0.39, 0.29) is 11.8 Å². The minimum Gasteiger partial charge on any atom is -0.492 e. The number of hydrogen-bond donors (Lipinski definition) is 2. The Labute approximate surface area is 142 Å². The van der Waals surface area contributed by atoms with Gasteiger partial charge < -0.3 is 15.4 Å². The molecule has 0 aliphatic carbocycles. The van der Waals surface area contributed by atoms with E-state index in [1.54, 1.807) is 12.1 Å². The number of amides is 2. The first-order valence-corrected chi connectivity index (χ1v) is 8.03. The predicted molar refractivity (Wildman–Crippen MR) is 93.0 cm³/mol. The summed E-state index contributed by atoms with van der Waals surface area (Å²) in [6.07, 6.45) is 0.977. The van der Waals surface area contributed by atoms with E-state index in [1.807, 2.05) is 48.5 Å². The van der Waals surface area contributed by atoms with Gasteiger partial charge in [0.15, 0.2) is 0 Å². The number of benzene rings is 2. The summed E-state index contributed by atoms with van der Waals surface area (Å²) < 4.78 is 5.49. The maximum Gasteiger partial charge on any atom is 0.251 e. The Balaban J connectivity index is 1.51. The summed E-state index contributed by atoms with van der Waals surface area (Å²) in [5.41, 5.74) is 0.625. The van der Waals surface area contributed by atoms with E-state index in [9.17, 15) is 9.59 Å². The third-order valence-corrected chi connectivity index (χ3v) is 3.34. The molecular weight excluding hydrogens is 304 g/mol. The molecule has 2 rings (SSSR count). The summed E-state index contributed by atoms with van der Waals surface area (Å²) >= 11 is 0. The number of nitrogens with one attached hydrogen (secondary N) is 2. The van der Waals surface area contributed by atoms with E-state index in [1.165, 1.54) is 0 Å². The second-order valence-corrected chi connectivity index (χ2v) is 5.24. The van der Waals surface area contributed by atoms with Gasteiger partial charge in [0.1, 0.15) is 12.4 Å². The summed E-state index contributed by atoms with van der Waals surface area (Å²) in [5.74, 6) is 0.628. The Hall–Kier alpha value is -2.82. The molecule has 0 saturated heterocycles. The van der Waals surface area contributed by atoms with Gasteiger partial charge in [-0.25, -0.2) is 0 Å². The zero-order chi connectivity index (χ0) is 17.0. The van der Waals surface area contributed by atoms with Crippen molar-refractivity contribution in [2.75, 3.05) is 19.7 Å². The summed E-state index contributed by atoms with van der Waals surface area (Å²) in [6.45, 7) is 1.37. The fraction of sp³-hybridized carbons (Fsp3) is 0.263. The molecule has 0 atom stereocenters. The van der Waals surface area contributed by atoms with Gasteiger partial charge in [0.2, 0.25) is 5.91 Å². The van der Waals surface area contributed by atoms with Crippen LogP contribution in [0.1, 0.15) is 23.2 Å². The maximum atomic E-state index is 11.8. The number of carbonyl (C=O) groups is 2. The van der Waals surface area contributed by atoms with Crippen molar-refractivity contribution in [2.24, 2.45) is 0 Å². The average molecular weight is 326 g/mol. The van der Waals surface area contributed by atoms with E-state index < -0.39 is 0 Å². The van der Waals surface area contributed by atoms with Gasteiger partial charge in [-0.3, -0.25) is 9.59 Å². The minimum atomic E-state index is -0.118. The lowest BCUT2D eigenvalue weighted by molar-refractivity contribution is -0.121. The van der Waals surface area contributed by atoms with Crippen LogP contribution in [0.15, 0.2) is 60.7 Å². The molecular formula is C19H22N2O3. The van der Waals surface area contributed by atoms with Gasteiger partial charge in [-0.15, -0.1) is 0 Å². The molecule has 5 heteroatoms. The van der Waals surface area contributed by atoms with Crippen molar-refractivity contribution in [3.63, 3.8) is 0 Å². The quantitative estimate of drug-likeness (QED) is 0.695. The van der Waals surface area contributed by atoms with Crippen LogP contribution in [0.5, 0.6) is 5.75 Å². The van der Waals surface area contributed by atoms with Crippen molar-refractivity contribution >= 4 is 11.8 Å². The Bertz CT molecular complexity index is 630. The highest BCUT2D eigenvalue weighted by atomic mass is 16.5. The van der Waals surface area contributed by atoms with Crippen LogP contribution < -0.4 is 15.4 Å². The zero-order valence-corrected chi connectivity index (χ0v) is 13.5. The summed E-state index contributed by atoms with van der Waals surface area (Å²) in [5, 5.41) is 5.60. The molecule has 2 aromatic rings. The fourth-order valence-electron chi connectivity index (χ4n) is 2.11. The van der Waals surface area contributed by atoms with Crippen molar-refractivity contribution in [3.05, 3.63) is 66.2 Å². The molecule has 0 aliphatic heterocycles. The maximum absolute atomic E-state index is 11.8. The lowest BCUT2D eigenvalue weighted by Crippen LogP contribution is -2.29. The smallest absolute Gasteiger partial charge is 0.251 e. The van der Waals surface area contributed by atoms with Gasteiger partial charge >= 0.3 is 0 Å². The molecule has 0 aromatic heterocycles. The normalized spacial score (nSPS) is 10.0. The minimum absolute atomic E-state index is 0.0411. The van der Waals surface area contributed by atoms with E-state index in [0.29, 0.717) is 38.1 Å². The Morgan fingerprint density at radius 3 is 2.21 bits per heavy atom. The van der Waals surface area contributed by atoms with Crippen LogP contribution in [-0.4, -0.2) is 31.5 Å². The van der Waals surface area contributed by atoms with E-state index in [0.717, 1.165) is 5.75 Å². The highest BCUT2D eigenvalue weighted by molar-refractivity contribution is 5.94. The highest BCUT2D eigenvalue weighted by Gasteiger charge is 2.05. The van der Waals surface area contributed by atoms with Crippen LogP contribution in [0, 0.1) is 0 Å². The Morgan fingerprint density at radius 2 is 1.50 bits per heavy atom. The van der Waals surface area contributed by atoms with Crippen LogP contribution >= 0.6 is 0 Å². The summed E-state index contributed by atoms with van der Waals surface area (Å²) in [6, 6.07) is 18.5. The average Bonchev–Trinajstić information content (AvgIpc) is 2.64. The first-order chi connectivity index (χ1) is 11.8. The van der Waals surface area contributed by atoms with E-state index in [4.69, 9.17) is 4.74 Å². The van der Waals surface area contributed by atoms with Crippen molar-refractivity contribution in [2.45, 2.75) is 12.8 Å². The van der Waals surface area contributed by atoms with E-state index in [2.05, 4.69) is 10.6 Å². The predicted octanol–water partition coefficient (Wildman–Crippen LogP) is 2.39. The van der Waals surface area contributed by atoms with Gasteiger partial charge in [-0.05, 0) is 30.7 Å². The van der Waals surface area contributed by atoms with Crippen molar-refractivity contribution in [1.29, 1.82) is 0 Å². The number of ether oxygens (including phenoxy) is 1. The van der Waals surface area contributed by atoms with Gasteiger partial charge in [0.05, 0.1) is 6.54 Å². The molecule has 0 saturated carbocycles. The summed E-state index contributed by atoms with van der Waals surface area (Å²) in [7, 11) is 0. The molecule has 0 aliphatic rings. The van der Waals surface area contributed by atoms with Crippen LogP contribution in [0.3, 0.4) is 0 Å². The monoisotopic (exact) mass is 326 g/mol. The fourth-order valence-corrected chi connectivity index (χ4v) is 2.11. The molecule has 0 spiro atoms. The topological polar surface area (TPSA) is 67.4 Å². The second kappa shape index (κ2) is 10.0. The second-order valence-electron chi connectivity index (χ2n) is 5.24. The number of para-hydroxylation sites is 1. The first-order valence-electron chi connectivity index (χ1n) is 8.03. The molecule has 2 aromatic carbocycles. The molecule has 2 amide bonds. The van der Waals surface area contributed by atoms with Crippen molar-refractivity contribution in [3.8, 4) is 5.75 Å². The standard InChI is InChI=1S/C19H22N2O3/c22-18(20-14-15-24-17-10-5-2-6-11-17)12-7-13-21-19(23)16-8-3-1-4-9-16/h1-6,8-11H,7,12-15H2,(H,20,22)(H,21,23). The van der Waals surface area contributed by atoms with Crippen LogP contribution in [-0.2, 0) is 4.79 Å². The SMILES string of the molecule is O=C(CCCNC(=O)c1ccccc1)NCCOc1ccccc1. The lowest BCUT2D eigenvalue weighted by atomic mass is 10.2. The lowest BCUT2D eigenvalue weighted by Gasteiger charge is -2.08. The molecule has 0 radical (unpaired) electrons. The molecule has 126 valence electrons. The third kappa shape index (κ3) is 6.52. The Kier molecular flexibility index (Phi) is 7.34. The van der Waals surface area contributed by atoms with E-state index >= 15 is 0 Å². The zero-order valence-electron chi connectivity index (χ0n) is 13.5. The first kappa shape index (κ1) is 17.5. The van der Waals surface area contributed by atoms with Gasteiger partial charge in [-0.2, -0.15) is 0 Å². The number of rotatable bonds is 9. The largest absolute Gasteiger partial charge is 0.492 e. The highest BCUT2D eigenvalue weighted by Crippen LogP contribution is 2.07. The van der Waals surface area contributed by atoms with Crippen LogP contribution in [0.2, 0.25) is 0 Å². The van der Waals surface area contributed by atoms with Crippen molar-refractivity contribution < 1.29 is 14.3 Å². The number of hydrogen-bond acceptors (Lipinski definition) is 3. The molecule has 0 fully saturated rings. The van der Waals surface area contributed by atoms with Gasteiger partial charge in [-0.1, -0.05) is 36.4 Å². The molecule has 0 bridgehead atoms. The Morgan fingerprint density at radius 1 is 0.833 bits per heavy atom. The van der Waals surface area contributed by atoms with Crippen LogP contribution in [0.25, 0.3) is 0 Å². The third-order valence-electron chi connectivity index (χ3n) is 3.34. The van der Waals surface area contributed by atoms with Gasteiger partial charge in [0, 0.05) is 18.5 Å². The summed E-state index contributed by atoms with van der Waals surface area (Å²) in [4.78, 5) is 23.5. The number of carbonyl (C=O) groups excluding carboxylic acids is 2. The molecule has 5 nitrogen and oxygen atoms in total. The molecule has 0 unspecified atom stereocenters. The van der Waals surface area contributed by atoms with Crippen molar-refractivity contribution in [1.82, 2.24) is 10.6 Å². The van der Waals surface area contributed by atoms with Crippen LogP contribution in [0.4, 0.5) is 0 Å². The van der Waals surface area contributed by atoms with Gasteiger partial charge in [0.25, 0.3) is 5.91 Å². The molecule has 24 heavy (non-hydrogen) atoms. The molecule has 0 heterocycles.